The second-order valence-electron chi connectivity index (χ2n) is 3.68. The topological polar surface area (TPSA) is 153 Å². The highest BCUT2D eigenvalue weighted by atomic mass is 32.2. The number of ether oxygens (including phenoxy) is 1. The molecule has 0 radical (unpaired) electrons. The number of sulfonamides is 1. The Hall–Kier alpha value is -1.68. The number of aliphatic carboxylic acids is 1. The van der Waals surface area contributed by atoms with Gasteiger partial charge in [-0.2, -0.15) is 0 Å². The van der Waals surface area contributed by atoms with Crippen LogP contribution in [0.4, 0.5) is 0 Å². The van der Waals surface area contributed by atoms with Crippen molar-refractivity contribution in [1.82, 2.24) is 4.72 Å². The van der Waals surface area contributed by atoms with Gasteiger partial charge in [0.15, 0.2) is 0 Å². The van der Waals surface area contributed by atoms with Gasteiger partial charge in [0.2, 0.25) is 15.9 Å². The van der Waals surface area contributed by atoms with Gasteiger partial charge in [-0.3, -0.25) is 14.4 Å². The number of nitrogens with two attached hydrogens (primary N) is 1. The molecule has 0 saturated heterocycles. The second kappa shape index (κ2) is 7.69. The SMILES string of the molecule is COC(=O)CCCS(=O)(=O)N[C@@H](CC(N)=O)C(=O)O. The van der Waals surface area contributed by atoms with E-state index in [9.17, 15) is 22.8 Å². The maximum Gasteiger partial charge on any atom is 0.322 e. The molecule has 0 aliphatic carbocycles. The molecule has 0 spiro atoms. The second-order valence-corrected chi connectivity index (χ2v) is 5.55. The van der Waals surface area contributed by atoms with E-state index in [1.165, 1.54) is 7.11 Å². The monoisotopic (exact) mass is 296 g/mol. The number of rotatable bonds is 9. The van der Waals surface area contributed by atoms with Crippen molar-refractivity contribution >= 4 is 27.9 Å². The molecular formula is C9H16N2O7S. The first-order valence-electron chi connectivity index (χ1n) is 5.26. The van der Waals surface area contributed by atoms with Crippen LogP contribution in [0.25, 0.3) is 0 Å². The summed E-state index contributed by atoms with van der Waals surface area (Å²) in [5, 5.41) is 8.73. The molecule has 9 nitrogen and oxygen atoms in total. The molecule has 0 aliphatic rings. The highest BCUT2D eigenvalue weighted by Gasteiger charge is 2.25. The van der Waals surface area contributed by atoms with Crippen LogP contribution in [0.5, 0.6) is 0 Å². The largest absolute Gasteiger partial charge is 0.480 e. The molecule has 0 unspecified atom stereocenters. The molecule has 0 rings (SSSR count). The van der Waals surface area contributed by atoms with Crippen molar-refractivity contribution in [2.45, 2.75) is 25.3 Å². The van der Waals surface area contributed by atoms with Crippen LogP contribution < -0.4 is 10.5 Å². The van der Waals surface area contributed by atoms with Gasteiger partial charge in [-0.05, 0) is 6.42 Å². The van der Waals surface area contributed by atoms with Crippen molar-refractivity contribution in [1.29, 1.82) is 0 Å². The lowest BCUT2D eigenvalue weighted by atomic mass is 10.2. The Bertz CT molecular complexity index is 445. The summed E-state index contributed by atoms with van der Waals surface area (Å²) in [6.07, 6.45) is -0.776. The molecule has 0 bridgehead atoms. The third-order valence-corrected chi connectivity index (χ3v) is 3.52. The van der Waals surface area contributed by atoms with Gasteiger partial charge >= 0.3 is 11.9 Å². The molecule has 0 aromatic carbocycles. The van der Waals surface area contributed by atoms with Crippen molar-refractivity contribution < 1.29 is 32.6 Å². The summed E-state index contributed by atoms with van der Waals surface area (Å²) >= 11 is 0. The molecule has 0 heterocycles. The first kappa shape index (κ1) is 17.3. The van der Waals surface area contributed by atoms with Gasteiger partial charge < -0.3 is 15.6 Å². The summed E-state index contributed by atoms with van der Waals surface area (Å²) in [6, 6.07) is -1.61. The van der Waals surface area contributed by atoms with Crippen LogP contribution >= 0.6 is 0 Å². The zero-order valence-electron chi connectivity index (χ0n) is 10.3. The molecular weight excluding hydrogens is 280 g/mol. The van der Waals surface area contributed by atoms with Gasteiger partial charge in [0.25, 0.3) is 0 Å². The first-order chi connectivity index (χ1) is 8.68. The van der Waals surface area contributed by atoms with Gasteiger partial charge in [0, 0.05) is 6.42 Å². The minimum atomic E-state index is -3.92. The summed E-state index contributed by atoms with van der Waals surface area (Å²) in [4.78, 5) is 32.1. The van der Waals surface area contributed by atoms with Gasteiger partial charge in [-0.1, -0.05) is 0 Å². The number of primary amides is 1. The highest BCUT2D eigenvalue weighted by Crippen LogP contribution is 2.00. The Labute approximate surface area is 110 Å². The minimum Gasteiger partial charge on any atom is -0.480 e. The molecule has 1 amide bonds. The Morgan fingerprint density at radius 1 is 1.37 bits per heavy atom. The van der Waals surface area contributed by atoms with Gasteiger partial charge in [0.1, 0.15) is 6.04 Å². The maximum atomic E-state index is 11.5. The molecule has 0 aliphatic heterocycles. The Morgan fingerprint density at radius 2 is 1.95 bits per heavy atom. The van der Waals surface area contributed by atoms with Crippen LogP contribution in [0.1, 0.15) is 19.3 Å². The summed E-state index contributed by atoms with van der Waals surface area (Å²) in [6.45, 7) is 0. The van der Waals surface area contributed by atoms with E-state index in [4.69, 9.17) is 10.8 Å². The van der Waals surface area contributed by atoms with Crippen LogP contribution in [0.3, 0.4) is 0 Å². The number of carboxylic acid groups (broad SMARTS) is 1. The van der Waals surface area contributed by atoms with Crippen LogP contribution in [0.15, 0.2) is 0 Å². The number of hydrogen-bond acceptors (Lipinski definition) is 6. The van der Waals surface area contributed by atoms with E-state index in [1.54, 1.807) is 0 Å². The van der Waals surface area contributed by atoms with E-state index in [1.807, 2.05) is 4.72 Å². The van der Waals surface area contributed by atoms with E-state index in [0.29, 0.717) is 0 Å². The average molecular weight is 296 g/mol. The lowest BCUT2D eigenvalue weighted by Crippen LogP contribution is -2.44. The van der Waals surface area contributed by atoms with Gasteiger partial charge in [-0.25, -0.2) is 13.1 Å². The van der Waals surface area contributed by atoms with Crippen molar-refractivity contribution in [3.63, 3.8) is 0 Å². The summed E-state index contributed by atoms with van der Waals surface area (Å²) < 4.78 is 29.2. The predicted molar refractivity (Wildman–Crippen MR) is 63.4 cm³/mol. The maximum absolute atomic E-state index is 11.5. The zero-order valence-corrected chi connectivity index (χ0v) is 11.1. The van der Waals surface area contributed by atoms with E-state index in [2.05, 4.69) is 4.74 Å². The number of esters is 1. The van der Waals surface area contributed by atoms with Crippen molar-refractivity contribution in [2.24, 2.45) is 5.73 Å². The van der Waals surface area contributed by atoms with Crippen LogP contribution in [-0.2, 0) is 29.1 Å². The molecule has 10 heteroatoms. The van der Waals surface area contributed by atoms with Crippen LogP contribution in [-0.4, -0.2) is 50.3 Å². The average Bonchev–Trinajstić information content (AvgIpc) is 2.26. The van der Waals surface area contributed by atoms with Crippen molar-refractivity contribution in [3.05, 3.63) is 0 Å². The summed E-state index contributed by atoms with van der Waals surface area (Å²) in [5.41, 5.74) is 4.81. The molecule has 110 valence electrons. The molecule has 0 aromatic rings. The Balaban J connectivity index is 4.43. The van der Waals surface area contributed by atoms with Crippen molar-refractivity contribution in [3.8, 4) is 0 Å². The van der Waals surface area contributed by atoms with E-state index < -0.39 is 46.1 Å². The van der Waals surface area contributed by atoms with Gasteiger partial charge in [-0.15, -0.1) is 0 Å². The standard InChI is InChI=1S/C9H16N2O7S/c1-18-8(13)3-2-4-19(16,17)11-6(9(14)15)5-7(10)12/h6,11H,2-5H2,1H3,(H2,10,12)(H,14,15)/t6-/m0/s1. The van der Waals surface area contributed by atoms with Crippen LogP contribution in [0, 0.1) is 0 Å². The van der Waals surface area contributed by atoms with Crippen molar-refractivity contribution in [2.75, 3.05) is 12.9 Å². The third-order valence-electron chi connectivity index (χ3n) is 2.05. The van der Waals surface area contributed by atoms with Crippen LogP contribution in [0.2, 0.25) is 0 Å². The minimum absolute atomic E-state index is 0.0229. The smallest absolute Gasteiger partial charge is 0.322 e. The number of methoxy groups -OCH3 is 1. The number of hydrogen-bond donors (Lipinski definition) is 3. The van der Waals surface area contributed by atoms with E-state index >= 15 is 0 Å². The van der Waals surface area contributed by atoms with E-state index in [-0.39, 0.29) is 12.8 Å². The summed E-state index contributed by atoms with van der Waals surface area (Å²) in [5.74, 6) is -3.47. The zero-order chi connectivity index (χ0) is 15.1. The molecule has 0 aromatic heterocycles. The molecule has 19 heavy (non-hydrogen) atoms. The molecule has 4 N–H and O–H groups in total. The fourth-order valence-corrected chi connectivity index (χ4v) is 2.42. The molecule has 0 saturated carbocycles. The number of carbonyl (C=O) groups is 3. The quantitative estimate of drug-likeness (QED) is 0.424. The normalized spacial score (nSPS) is 12.7. The predicted octanol–water partition coefficient (Wildman–Crippen LogP) is -1.81. The fraction of sp³-hybridized carbons (Fsp3) is 0.667. The number of amides is 1. The third kappa shape index (κ3) is 8.11. The lowest BCUT2D eigenvalue weighted by molar-refractivity contribution is -0.141. The molecule has 0 fully saturated rings. The number of nitrogens with one attached hydrogen (secondary N) is 1. The number of carboxylic acids is 1. The molecule has 1 atom stereocenters. The Kier molecular flexibility index (Phi) is 7.01. The lowest BCUT2D eigenvalue weighted by Gasteiger charge is -2.12. The van der Waals surface area contributed by atoms with E-state index in [0.717, 1.165) is 0 Å². The first-order valence-corrected chi connectivity index (χ1v) is 6.91. The fourth-order valence-electron chi connectivity index (χ4n) is 1.16. The van der Waals surface area contributed by atoms with Gasteiger partial charge in [0.05, 0.1) is 19.3 Å². The summed E-state index contributed by atoms with van der Waals surface area (Å²) in [7, 11) is -2.75. The number of carbonyl (C=O) groups excluding carboxylic acids is 2. The Morgan fingerprint density at radius 3 is 2.37 bits per heavy atom. The highest BCUT2D eigenvalue weighted by molar-refractivity contribution is 7.89.